The minimum absolute atomic E-state index is 0.284. The average molecular weight is 150 g/mol. The quantitative estimate of drug-likeness (QED) is 0.531. The summed E-state index contributed by atoms with van der Waals surface area (Å²) in [5, 5.41) is 0. The van der Waals surface area contributed by atoms with Crippen LogP contribution in [0, 0.1) is 0 Å². The van der Waals surface area contributed by atoms with E-state index in [1.165, 1.54) is 7.11 Å². The molecule has 58 valence electrons. The summed E-state index contributed by atoms with van der Waals surface area (Å²) in [4.78, 5) is 10.9. The van der Waals surface area contributed by atoms with Gasteiger partial charge in [0, 0.05) is 0 Å². The maximum absolute atomic E-state index is 10.9. The Bertz CT molecular complexity index is 246. The van der Waals surface area contributed by atoms with Crippen LogP contribution in [-0.2, 0) is 9.53 Å². The molecule has 0 saturated carbocycles. The Morgan fingerprint density at radius 2 is 2.36 bits per heavy atom. The second-order valence-electron chi connectivity index (χ2n) is 2.35. The minimum Gasteiger partial charge on any atom is -0.465 e. The summed E-state index contributed by atoms with van der Waals surface area (Å²) < 4.78 is 4.54. The molecule has 1 aliphatic rings. The van der Waals surface area contributed by atoms with Crippen LogP contribution in [0.1, 0.15) is 6.42 Å². The standard InChI is InChI=1S/C9H10O2/c1-7-3-5-8(6-4-7)9(10)11-2/h3,5-6H,1,4H2,2H3. The first-order valence-electron chi connectivity index (χ1n) is 3.38. The molecule has 1 rings (SSSR count). The molecule has 0 spiro atoms. The average Bonchev–Trinajstić information content (AvgIpc) is 2.05. The molecule has 0 saturated heterocycles. The smallest absolute Gasteiger partial charge is 0.337 e. The highest BCUT2D eigenvalue weighted by atomic mass is 16.5. The van der Waals surface area contributed by atoms with Crippen LogP contribution in [0.3, 0.4) is 0 Å². The van der Waals surface area contributed by atoms with Gasteiger partial charge in [0.1, 0.15) is 0 Å². The van der Waals surface area contributed by atoms with Crippen molar-refractivity contribution in [2.24, 2.45) is 0 Å². The molecule has 1 aliphatic carbocycles. The predicted molar refractivity (Wildman–Crippen MR) is 43.0 cm³/mol. The SMILES string of the molecule is C=C1C=CC(C(=O)OC)=CC1. The van der Waals surface area contributed by atoms with Gasteiger partial charge in [-0.05, 0) is 12.5 Å². The van der Waals surface area contributed by atoms with Crippen molar-refractivity contribution in [1.29, 1.82) is 0 Å². The van der Waals surface area contributed by atoms with Crippen LogP contribution in [0.4, 0.5) is 0 Å². The maximum atomic E-state index is 10.9. The number of methoxy groups -OCH3 is 1. The number of hydrogen-bond acceptors (Lipinski definition) is 2. The van der Waals surface area contributed by atoms with Crippen LogP contribution < -0.4 is 0 Å². The van der Waals surface area contributed by atoms with Gasteiger partial charge in [-0.1, -0.05) is 24.3 Å². The summed E-state index contributed by atoms with van der Waals surface area (Å²) in [6.07, 6.45) is 6.10. The zero-order valence-corrected chi connectivity index (χ0v) is 6.46. The van der Waals surface area contributed by atoms with Crippen LogP contribution in [0.2, 0.25) is 0 Å². The van der Waals surface area contributed by atoms with Crippen LogP contribution in [0.25, 0.3) is 0 Å². The second-order valence-corrected chi connectivity index (χ2v) is 2.35. The molecule has 0 radical (unpaired) electrons. The molecule has 0 aliphatic heterocycles. The van der Waals surface area contributed by atoms with E-state index in [0.717, 1.165) is 12.0 Å². The Labute approximate surface area is 65.9 Å². The molecular weight excluding hydrogens is 140 g/mol. The molecule has 0 amide bonds. The molecule has 0 heterocycles. The highest BCUT2D eigenvalue weighted by Crippen LogP contribution is 2.14. The van der Waals surface area contributed by atoms with Gasteiger partial charge in [-0.15, -0.1) is 0 Å². The zero-order valence-electron chi connectivity index (χ0n) is 6.46. The van der Waals surface area contributed by atoms with E-state index in [0.29, 0.717) is 5.57 Å². The minimum atomic E-state index is -0.284. The number of ether oxygens (including phenoxy) is 1. The van der Waals surface area contributed by atoms with Crippen LogP contribution in [0.5, 0.6) is 0 Å². The van der Waals surface area contributed by atoms with Crippen molar-refractivity contribution in [3.8, 4) is 0 Å². The van der Waals surface area contributed by atoms with E-state index in [1.54, 1.807) is 6.08 Å². The highest BCUT2D eigenvalue weighted by Gasteiger charge is 2.07. The van der Waals surface area contributed by atoms with E-state index in [-0.39, 0.29) is 5.97 Å². The number of allylic oxidation sites excluding steroid dienone is 3. The number of hydrogen-bond donors (Lipinski definition) is 0. The van der Waals surface area contributed by atoms with Gasteiger partial charge in [-0.2, -0.15) is 0 Å². The van der Waals surface area contributed by atoms with Gasteiger partial charge in [0.15, 0.2) is 0 Å². The van der Waals surface area contributed by atoms with Crippen molar-refractivity contribution in [1.82, 2.24) is 0 Å². The lowest BCUT2D eigenvalue weighted by Gasteiger charge is -2.05. The fourth-order valence-corrected chi connectivity index (χ4v) is 0.854. The molecule has 0 N–H and O–H groups in total. The number of esters is 1. The predicted octanol–water partition coefficient (Wildman–Crippen LogP) is 1.60. The summed E-state index contributed by atoms with van der Waals surface area (Å²) >= 11 is 0. The zero-order chi connectivity index (χ0) is 8.27. The summed E-state index contributed by atoms with van der Waals surface area (Å²) in [7, 11) is 1.38. The molecule has 2 nitrogen and oxygen atoms in total. The third kappa shape index (κ3) is 1.80. The second kappa shape index (κ2) is 3.19. The number of carbonyl (C=O) groups excluding carboxylic acids is 1. The van der Waals surface area contributed by atoms with E-state index in [2.05, 4.69) is 11.3 Å². The van der Waals surface area contributed by atoms with Gasteiger partial charge < -0.3 is 4.74 Å². The Morgan fingerprint density at radius 3 is 2.82 bits per heavy atom. The van der Waals surface area contributed by atoms with Gasteiger partial charge in [0.2, 0.25) is 0 Å². The summed E-state index contributed by atoms with van der Waals surface area (Å²) in [6.45, 7) is 3.75. The van der Waals surface area contributed by atoms with Gasteiger partial charge in [-0.3, -0.25) is 0 Å². The molecule has 0 fully saturated rings. The first-order chi connectivity index (χ1) is 5.24. The lowest BCUT2D eigenvalue weighted by Crippen LogP contribution is -2.04. The highest BCUT2D eigenvalue weighted by molar-refractivity contribution is 5.92. The van der Waals surface area contributed by atoms with E-state index in [9.17, 15) is 4.79 Å². The van der Waals surface area contributed by atoms with E-state index in [4.69, 9.17) is 0 Å². The Kier molecular flexibility index (Phi) is 2.26. The largest absolute Gasteiger partial charge is 0.465 e. The Balaban J connectivity index is 2.70. The molecule has 0 atom stereocenters. The van der Waals surface area contributed by atoms with Crippen molar-refractivity contribution in [3.63, 3.8) is 0 Å². The lowest BCUT2D eigenvalue weighted by molar-refractivity contribution is -0.135. The summed E-state index contributed by atoms with van der Waals surface area (Å²) in [6, 6.07) is 0. The summed E-state index contributed by atoms with van der Waals surface area (Å²) in [5.74, 6) is -0.284. The molecule has 0 aromatic heterocycles. The molecule has 0 aromatic rings. The van der Waals surface area contributed by atoms with Crippen molar-refractivity contribution in [2.75, 3.05) is 7.11 Å². The Hall–Kier alpha value is -1.31. The normalized spacial score (nSPS) is 16.1. The monoisotopic (exact) mass is 150 g/mol. The first-order valence-corrected chi connectivity index (χ1v) is 3.38. The van der Waals surface area contributed by atoms with E-state index < -0.39 is 0 Å². The van der Waals surface area contributed by atoms with Crippen molar-refractivity contribution < 1.29 is 9.53 Å². The third-order valence-electron chi connectivity index (χ3n) is 1.50. The van der Waals surface area contributed by atoms with E-state index >= 15 is 0 Å². The van der Waals surface area contributed by atoms with Crippen molar-refractivity contribution in [2.45, 2.75) is 6.42 Å². The molecule has 0 aromatic carbocycles. The number of carbonyl (C=O) groups is 1. The summed E-state index contributed by atoms with van der Waals surface area (Å²) in [5.41, 5.74) is 1.62. The number of rotatable bonds is 1. The molecule has 0 unspecified atom stereocenters. The van der Waals surface area contributed by atoms with Crippen LogP contribution in [0.15, 0.2) is 36.0 Å². The van der Waals surface area contributed by atoms with Crippen LogP contribution in [-0.4, -0.2) is 13.1 Å². The molecule has 11 heavy (non-hydrogen) atoms. The maximum Gasteiger partial charge on any atom is 0.337 e. The van der Waals surface area contributed by atoms with Crippen LogP contribution >= 0.6 is 0 Å². The van der Waals surface area contributed by atoms with Gasteiger partial charge in [-0.25, -0.2) is 4.79 Å². The van der Waals surface area contributed by atoms with E-state index in [1.807, 2.05) is 12.2 Å². The Morgan fingerprint density at radius 1 is 1.64 bits per heavy atom. The van der Waals surface area contributed by atoms with Gasteiger partial charge in [0.25, 0.3) is 0 Å². The fourth-order valence-electron chi connectivity index (χ4n) is 0.854. The fraction of sp³-hybridized carbons (Fsp3) is 0.222. The van der Waals surface area contributed by atoms with Gasteiger partial charge in [0.05, 0.1) is 12.7 Å². The first kappa shape index (κ1) is 7.79. The van der Waals surface area contributed by atoms with Crippen molar-refractivity contribution >= 4 is 5.97 Å². The molecule has 2 heteroatoms. The van der Waals surface area contributed by atoms with Gasteiger partial charge >= 0.3 is 5.97 Å². The molecular formula is C9H10O2. The van der Waals surface area contributed by atoms with Crippen molar-refractivity contribution in [3.05, 3.63) is 36.0 Å². The third-order valence-corrected chi connectivity index (χ3v) is 1.50. The lowest BCUT2D eigenvalue weighted by atomic mass is 10.0. The molecule has 0 bridgehead atoms. The topological polar surface area (TPSA) is 26.3 Å².